The lowest BCUT2D eigenvalue weighted by molar-refractivity contribution is -0.917. The average molecular weight is 336 g/mol. The fourth-order valence-corrected chi connectivity index (χ4v) is 2.62. The van der Waals surface area contributed by atoms with Gasteiger partial charge >= 0.3 is 6.03 Å². The van der Waals surface area contributed by atoms with Gasteiger partial charge < -0.3 is 10.2 Å². The molecule has 0 bridgehead atoms. The van der Waals surface area contributed by atoms with Crippen molar-refractivity contribution in [2.45, 2.75) is 45.7 Å². The van der Waals surface area contributed by atoms with Crippen molar-refractivity contribution in [1.82, 2.24) is 10.6 Å². The second kappa shape index (κ2) is 8.78. The number of hydrogen-bond donors (Lipinski definition) is 3. The lowest BCUT2D eigenvalue weighted by Gasteiger charge is -2.19. The van der Waals surface area contributed by atoms with E-state index in [1.165, 1.54) is 6.07 Å². The molecule has 0 radical (unpaired) electrons. The van der Waals surface area contributed by atoms with E-state index in [0.29, 0.717) is 30.6 Å². The van der Waals surface area contributed by atoms with Crippen LogP contribution in [0.3, 0.4) is 0 Å². The molecule has 24 heavy (non-hydrogen) atoms. The third-order valence-electron chi connectivity index (χ3n) is 4.18. The highest BCUT2D eigenvalue weighted by Crippen LogP contribution is 2.16. The molecular weight excluding hydrogens is 309 g/mol. The zero-order valence-electron chi connectivity index (χ0n) is 14.4. The fraction of sp³-hybridized carbons (Fsp3) is 0.556. The van der Waals surface area contributed by atoms with Gasteiger partial charge in [-0.25, -0.2) is 9.18 Å². The molecule has 5 nitrogen and oxygen atoms in total. The number of carbonyl (C=O) groups is 2. The van der Waals surface area contributed by atoms with E-state index in [-0.39, 0.29) is 18.3 Å². The van der Waals surface area contributed by atoms with Gasteiger partial charge in [-0.1, -0.05) is 32.0 Å². The van der Waals surface area contributed by atoms with E-state index in [0.717, 1.165) is 24.2 Å². The first kappa shape index (κ1) is 18.4. The normalized spacial score (nSPS) is 15.2. The van der Waals surface area contributed by atoms with Crippen molar-refractivity contribution in [3.63, 3.8) is 0 Å². The molecule has 6 heteroatoms. The number of quaternary nitrogens is 1. The highest BCUT2D eigenvalue weighted by Gasteiger charge is 2.35. The van der Waals surface area contributed by atoms with Crippen LogP contribution in [0.2, 0.25) is 0 Å². The number of nitrogens with one attached hydrogen (secondary N) is 3. The zero-order valence-corrected chi connectivity index (χ0v) is 14.4. The summed E-state index contributed by atoms with van der Waals surface area (Å²) in [5.74, 6) is -0.0747. The fourth-order valence-electron chi connectivity index (χ4n) is 2.62. The number of urea groups is 1. The molecule has 0 heterocycles. The number of benzene rings is 1. The van der Waals surface area contributed by atoms with Crippen molar-refractivity contribution in [3.05, 3.63) is 35.6 Å². The molecule has 0 aliphatic heterocycles. The van der Waals surface area contributed by atoms with Crippen molar-refractivity contribution >= 4 is 11.9 Å². The highest BCUT2D eigenvalue weighted by molar-refractivity contribution is 5.94. The van der Waals surface area contributed by atoms with Gasteiger partial charge in [0, 0.05) is 24.9 Å². The van der Waals surface area contributed by atoms with Crippen LogP contribution in [0.25, 0.3) is 0 Å². The van der Waals surface area contributed by atoms with Gasteiger partial charge in [-0.05, 0) is 18.4 Å². The summed E-state index contributed by atoms with van der Waals surface area (Å²) in [4.78, 5) is 24.8. The third-order valence-corrected chi connectivity index (χ3v) is 4.18. The molecule has 1 atom stereocenters. The lowest BCUT2D eigenvalue weighted by Crippen LogP contribution is -3.13. The molecule has 1 aliphatic rings. The average Bonchev–Trinajstić information content (AvgIpc) is 3.33. The van der Waals surface area contributed by atoms with Gasteiger partial charge in [0.2, 0.25) is 0 Å². The first-order valence-electron chi connectivity index (χ1n) is 8.61. The second-order valence-corrected chi connectivity index (χ2v) is 6.86. The van der Waals surface area contributed by atoms with Gasteiger partial charge in [0.15, 0.2) is 6.54 Å². The number of carbonyl (C=O) groups excluding carboxylic acids is 2. The van der Waals surface area contributed by atoms with E-state index < -0.39 is 6.03 Å². The van der Waals surface area contributed by atoms with Crippen LogP contribution in [0, 0.1) is 11.7 Å². The maximum atomic E-state index is 13.8. The Balaban J connectivity index is 1.81. The minimum atomic E-state index is -0.457. The van der Waals surface area contributed by atoms with Crippen molar-refractivity contribution in [2.24, 2.45) is 5.92 Å². The maximum absolute atomic E-state index is 13.8. The van der Waals surface area contributed by atoms with Gasteiger partial charge in [0.05, 0.1) is 6.04 Å². The molecule has 3 amide bonds. The maximum Gasteiger partial charge on any atom is 0.321 e. The lowest BCUT2D eigenvalue weighted by atomic mass is 10.1. The summed E-state index contributed by atoms with van der Waals surface area (Å²) in [5.41, 5.74) is 0.605. The number of imide groups is 1. The molecule has 1 saturated carbocycles. The molecule has 132 valence electrons. The molecule has 1 unspecified atom stereocenters. The first-order chi connectivity index (χ1) is 11.5. The Morgan fingerprint density at radius 2 is 2.00 bits per heavy atom. The van der Waals surface area contributed by atoms with Crippen LogP contribution in [0.4, 0.5) is 9.18 Å². The van der Waals surface area contributed by atoms with Crippen molar-refractivity contribution in [2.75, 3.05) is 13.1 Å². The SMILES string of the molecule is CC(C)CCNC(=O)NC(=O)C[NH+](Cc1ccccc1F)C1CC1. The summed E-state index contributed by atoms with van der Waals surface area (Å²) in [7, 11) is 0. The topological polar surface area (TPSA) is 62.6 Å². The molecule has 1 aromatic carbocycles. The number of halogens is 1. The molecule has 0 saturated heterocycles. The largest absolute Gasteiger partial charge is 0.338 e. The Morgan fingerprint density at radius 3 is 2.62 bits per heavy atom. The van der Waals surface area contributed by atoms with Crippen molar-refractivity contribution in [3.8, 4) is 0 Å². The number of hydrogen-bond acceptors (Lipinski definition) is 2. The molecule has 0 aromatic heterocycles. The standard InChI is InChI=1S/C18H26FN3O2/c1-13(2)9-10-20-18(24)21-17(23)12-22(15-7-8-15)11-14-5-3-4-6-16(14)19/h3-6,13,15H,7-12H2,1-2H3,(H2,20,21,23,24)/p+1. The van der Waals surface area contributed by atoms with Crippen LogP contribution in [-0.2, 0) is 11.3 Å². The predicted molar refractivity (Wildman–Crippen MR) is 90.0 cm³/mol. The summed E-state index contributed by atoms with van der Waals surface area (Å²) >= 11 is 0. The zero-order chi connectivity index (χ0) is 17.5. The van der Waals surface area contributed by atoms with Crippen LogP contribution in [0.5, 0.6) is 0 Å². The third kappa shape index (κ3) is 6.28. The Hall–Kier alpha value is -1.95. The van der Waals surface area contributed by atoms with E-state index in [9.17, 15) is 14.0 Å². The molecule has 0 spiro atoms. The van der Waals surface area contributed by atoms with Crippen molar-refractivity contribution < 1.29 is 18.9 Å². The summed E-state index contributed by atoms with van der Waals surface area (Å²) in [6.45, 7) is 5.33. The Labute approximate surface area is 142 Å². The van der Waals surface area contributed by atoms with Gasteiger partial charge in [0.25, 0.3) is 5.91 Å². The van der Waals surface area contributed by atoms with Crippen LogP contribution in [0.15, 0.2) is 24.3 Å². The van der Waals surface area contributed by atoms with Gasteiger partial charge in [-0.3, -0.25) is 10.1 Å². The van der Waals surface area contributed by atoms with Crippen LogP contribution in [0.1, 0.15) is 38.7 Å². The smallest absolute Gasteiger partial charge is 0.321 e. The van der Waals surface area contributed by atoms with Gasteiger partial charge in [-0.2, -0.15) is 0 Å². The first-order valence-corrected chi connectivity index (χ1v) is 8.61. The van der Waals surface area contributed by atoms with Crippen LogP contribution < -0.4 is 15.5 Å². The Kier molecular flexibility index (Phi) is 6.73. The summed E-state index contributed by atoms with van der Waals surface area (Å²) in [6, 6.07) is 6.55. The molecule has 1 aromatic rings. The minimum Gasteiger partial charge on any atom is -0.338 e. The van der Waals surface area contributed by atoms with Crippen LogP contribution in [-0.4, -0.2) is 31.1 Å². The van der Waals surface area contributed by atoms with E-state index in [1.807, 2.05) is 0 Å². The Bertz CT molecular complexity index is 573. The Morgan fingerprint density at radius 1 is 1.29 bits per heavy atom. The van der Waals surface area contributed by atoms with Gasteiger partial charge in [0.1, 0.15) is 12.4 Å². The van der Waals surface area contributed by atoms with Crippen LogP contribution >= 0.6 is 0 Å². The molecule has 1 aliphatic carbocycles. The van der Waals surface area contributed by atoms with E-state index >= 15 is 0 Å². The monoisotopic (exact) mass is 336 g/mol. The van der Waals surface area contributed by atoms with Gasteiger partial charge in [-0.15, -0.1) is 0 Å². The summed E-state index contributed by atoms with van der Waals surface area (Å²) < 4.78 is 13.8. The number of rotatable bonds is 8. The quantitative estimate of drug-likeness (QED) is 0.669. The van der Waals surface area contributed by atoms with E-state index in [4.69, 9.17) is 0 Å². The predicted octanol–water partition coefficient (Wildman–Crippen LogP) is 1.24. The highest BCUT2D eigenvalue weighted by atomic mass is 19.1. The van der Waals surface area contributed by atoms with Crippen molar-refractivity contribution in [1.29, 1.82) is 0 Å². The van der Waals surface area contributed by atoms with E-state index in [1.54, 1.807) is 18.2 Å². The minimum absolute atomic E-state index is 0.177. The summed E-state index contributed by atoms with van der Waals surface area (Å²) in [6.07, 6.45) is 2.95. The second-order valence-electron chi connectivity index (χ2n) is 6.86. The molecule has 1 fully saturated rings. The summed E-state index contributed by atoms with van der Waals surface area (Å²) in [5, 5.41) is 5.05. The number of amides is 3. The molecule has 3 N–H and O–H groups in total. The molecule has 2 rings (SSSR count). The molecular formula is C18H27FN3O2+. The van der Waals surface area contributed by atoms with E-state index in [2.05, 4.69) is 24.5 Å².